The van der Waals surface area contributed by atoms with Gasteiger partial charge in [-0.2, -0.15) is 5.10 Å². The van der Waals surface area contributed by atoms with Crippen molar-refractivity contribution in [3.8, 4) is 0 Å². The summed E-state index contributed by atoms with van der Waals surface area (Å²) in [6.45, 7) is 0.485. The SMILES string of the molecule is O=[N+]([O-])c1ccc(S(=O)(=O)Nc2cccc(Cn3cc(Br)cn3)c2)cc1. The van der Waals surface area contributed by atoms with Crippen molar-refractivity contribution in [2.45, 2.75) is 11.4 Å². The minimum Gasteiger partial charge on any atom is -0.280 e. The van der Waals surface area contributed by atoms with E-state index in [1.807, 2.05) is 12.3 Å². The molecule has 2 aromatic carbocycles. The fourth-order valence-corrected chi connectivity index (χ4v) is 3.68. The summed E-state index contributed by atoms with van der Waals surface area (Å²) in [5, 5.41) is 14.8. The van der Waals surface area contributed by atoms with E-state index in [2.05, 4.69) is 25.8 Å². The van der Waals surface area contributed by atoms with Crippen LogP contribution in [0.4, 0.5) is 11.4 Å². The van der Waals surface area contributed by atoms with E-state index < -0.39 is 14.9 Å². The van der Waals surface area contributed by atoms with E-state index in [4.69, 9.17) is 0 Å². The summed E-state index contributed by atoms with van der Waals surface area (Å²) >= 11 is 3.32. The molecule has 134 valence electrons. The summed E-state index contributed by atoms with van der Waals surface area (Å²) in [4.78, 5) is 10.0. The van der Waals surface area contributed by atoms with E-state index in [-0.39, 0.29) is 10.6 Å². The zero-order chi connectivity index (χ0) is 18.7. The van der Waals surface area contributed by atoms with Crippen LogP contribution in [0.3, 0.4) is 0 Å². The third kappa shape index (κ3) is 4.27. The maximum atomic E-state index is 12.5. The number of nitrogens with one attached hydrogen (secondary N) is 1. The van der Waals surface area contributed by atoms with Crippen LogP contribution in [0.15, 0.2) is 70.3 Å². The molecule has 8 nitrogen and oxygen atoms in total. The lowest BCUT2D eigenvalue weighted by atomic mass is 10.2. The third-order valence-electron chi connectivity index (χ3n) is 3.48. The van der Waals surface area contributed by atoms with E-state index in [0.29, 0.717) is 12.2 Å². The van der Waals surface area contributed by atoms with Gasteiger partial charge in [0.05, 0.1) is 27.0 Å². The van der Waals surface area contributed by atoms with Crippen LogP contribution < -0.4 is 4.72 Å². The highest BCUT2D eigenvalue weighted by Crippen LogP contribution is 2.20. The number of anilines is 1. The number of benzene rings is 2. The first-order chi connectivity index (χ1) is 12.3. The van der Waals surface area contributed by atoms with Crippen LogP contribution in [0.5, 0.6) is 0 Å². The largest absolute Gasteiger partial charge is 0.280 e. The van der Waals surface area contributed by atoms with Crippen molar-refractivity contribution in [1.29, 1.82) is 0 Å². The Labute approximate surface area is 157 Å². The third-order valence-corrected chi connectivity index (χ3v) is 5.29. The molecule has 0 atom stereocenters. The van der Waals surface area contributed by atoms with Gasteiger partial charge >= 0.3 is 0 Å². The number of sulfonamides is 1. The van der Waals surface area contributed by atoms with Crippen molar-refractivity contribution in [2.24, 2.45) is 0 Å². The summed E-state index contributed by atoms with van der Waals surface area (Å²) in [6.07, 6.45) is 3.48. The number of halogens is 1. The van der Waals surface area contributed by atoms with Crippen LogP contribution in [0.1, 0.15) is 5.56 Å². The number of nitro groups is 1. The monoisotopic (exact) mass is 436 g/mol. The van der Waals surface area contributed by atoms with Crippen LogP contribution >= 0.6 is 15.9 Å². The number of nitro benzene ring substituents is 1. The highest BCUT2D eigenvalue weighted by molar-refractivity contribution is 9.10. The number of non-ortho nitro benzene ring substituents is 1. The molecule has 0 amide bonds. The van der Waals surface area contributed by atoms with Crippen LogP contribution in [-0.4, -0.2) is 23.1 Å². The molecule has 0 spiro atoms. The summed E-state index contributed by atoms with van der Waals surface area (Å²) in [5.41, 5.74) is 1.09. The van der Waals surface area contributed by atoms with Gasteiger partial charge in [-0.1, -0.05) is 12.1 Å². The lowest BCUT2D eigenvalue weighted by Gasteiger charge is -2.10. The molecule has 0 fully saturated rings. The number of rotatable bonds is 6. The molecule has 0 aliphatic carbocycles. The van der Waals surface area contributed by atoms with E-state index in [1.54, 1.807) is 29.1 Å². The van der Waals surface area contributed by atoms with Gasteiger partial charge in [0.2, 0.25) is 0 Å². The normalized spacial score (nSPS) is 11.3. The van der Waals surface area contributed by atoms with Gasteiger partial charge in [0, 0.05) is 24.0 Å². The fourth-order valence-electron chi connectivity index (χ4n) is 2.31. The van der Waals surface area contributed by atoms with Gasteiger partial charge in [0.15, 0.2) is 0 Å². The second-order valence-corrected chi connectivity index (χ2v) is 8.01. The van der Waals surface area contributed by atoms with Crippen molar-refractivity contribution in [2.75, 3.05) is 4.72 Å². The maximum Gasteiger partial charge on any atom is 0.269 e. The Kier molecular flexibility index (Phi) is 5.05. The van der Waals surface area contributed by atoms with Gasteiger partial charge in [-0.3, -0.25) is 19.5 Å². The Morgan fingerprint density at radius 1 is 1.19 bits per heavy atom. The first-order valence-electron chi connectivity index (χ1n) is 7.38. The Morgan fingerprint density at radius 2 is 1.92 bits per heavy atom. The zero-order valence-electron chi connectivity index (χ0n) is 13.2. The average molecular weight is 437 g/mol. The molecule has 3 aromatic rings. The topological polar surface area (TPSA) is 107 Å². The van der Waals surface area contributed by atoms with E-state index in [0.717, 1.165) is 22.2 Å². The molecule has 0 unspecified atom stereocenters. The molecule has 3 rings (SSSR count). The molecule has 1 N–H and O–H groups in total. The number of aromatic nitrogens is 2. The van der Waals surface area contributed by atoms with Gasteiger partial charge in [-0.25, -0.2) is 8.42 Å². The first-order valence-corrected chi connectivity index (χ1v) is 9.65. The van der Waals surface area contributed by atoms with E-state index in [9.17, 15) is 18.5 Å². The molecule has 0 radical (unpaired) electrons. The minimum absolute atomic E-state index is 0.0514. The summed E-state index contributed by atoms with van der Waals surface area (Å²) in [7, 11) is -3.84. The molecule has 0 saturated carbocycles. The van der Waals surface area contributed by atoms with Gasteiger partial charge < -0.3 is 0 Å². The first kappa shape index (κ1) is 18.1. The highest BCUT2D eigenvalue weighted by atomic mass is 79.9. The highest BCUT2D eigenvalue weighted by Gasteiger charge is 2.16. The summed E-state index contributed by atoms with van der Waals surface area (Å²) in [6, 6.07) is 11.6. The predicted octanol–water partition coefficient (Wildman–Crippen LogP) is 3.40. The van der Waals surface area contributed by atoms with E-state index >= 15 is 0 Å². The van der Waals surface area contributed by atoms with Crippen LogP contribution in [0.2, 0.25) is 0 Å². The quantitative estimate of drug-likeness (QED) is 0.470. The minimum atomic E-state index is -3.84. The number of hydrogen-bond donors (Lipinski definition) is 1. The van der Waals surface area contributed by atoms with Crippen LogP contribution in [0.25, 0.3) is 0 Å². The second kappa shape index (κ2) is 7.26. The summed E-state index contributed by atoms with van der Waals surface area (Å²) in [5.74, 6) is 0. The Hall–Kier alpha value is -2.72. The van der Waals surface area contributed by atoms with Gasteiger partial charge in [0.25, 0.3) is 15.7 Å². The maximum absolute atomic E-state index is 12.5. The molecule has 0 aliphatic heterocycles. The van der Waals surface area contributed by atoms with E-state index in [1.165, 1.54) is 12.1 Å². The van der Waals surface area contributed by atoms with Gasteiger partial charge in [-0.05, 0) is 45.8 Å². The standard InChI is InChI=1S/C16H13BrN4O4S/c17-13-9-18-20(11-13)10-12-2-1-3-14(8-12)19-26(24,25)16-6-4-15(5-7-16)21(22)23/h1-9,11,19H,10H2. The number of nitrogens with zero attached hydrogens (tertiary/aromatic N) is 3. The zero-order valence-corrected chi connectivity index (χ0v) is 15.6. The Balaban J connectivity index is 1.79. The summed E-state index contributed by atoms with van der Waals surface area (Å²) < 4.78 is 30.0. The molecule has 10 heteroatoms. The molecule has 0 aliphatic rings. The molecule has 0 bridgehead atoms. The fraction of sp³-hybridized carbons (Fsp3) is 0.0625. The smallest absolute Gasteiger partial charge is 0.269 e. The second-order valence-electron chi connectivity index (χ2n) is 5.41. The molecule has 0 saturated heterocycles. The predicted molar refractivity (Wildman–Crippen MR) is 99.4 cm³/mol. The molecule has 26 heavy (non-hydrogen) atoms. The molecular formula is C16H13BrN4O4S. The number of hydrogen-bond acceptors (Lipinski definition) is 5. The van der Waals surface area contributed by atoms with Crippen molar-refractivity contribution < 1.29 is 13.3 Å². The van der Waals surface area contributed by atoms with Crippen molar-refractivity contribution >= 4 is 37.3 Å². The lowest BCUT2D eigenvalue weighted by molar-refractivity contribution is -0.384. The lowest BCUT2D eigenvalue weighted by Crippen LogP contribution is -2.13. The van der Waals surface area contributed by atoms with Crippen molar-refractivity contribution in [3.63, 3.8) is 0 Å². The molecular weight excluding hydrogens is 424 g/mol. The average Bonchev–Trinajstić information content (AvgIpc) is 2.99. The van der Waals surface area contributed by atoms with Gasteiger partial charge in [-0.15, -0.1) is 0 Å². The Bertz CT molecular complexity index is 1050. The molecule has 1 heterocycles. The van der Waals surface area contributed by atoms with Crippen molar-refractivity contribution in [3.05, 3.63) is 81.1 Å². The Morgan fingerprint density at radius 3 is 2.54 bits per heavy atom. The van der Waals surface area contributed by atoms with Crippen LogP contribution in [0, 0.1) is 10.1 Å². The molecule has 1 aromatic heterocycles. The van der Waals surface area contributed by atoms with Crippen molar-refractivity contribution in [1.82, 2.24) is 9.78 Å². The van der Waals surface area contributed by atoms with Gasteiger partial charge in [0.1, 0.15) is 0 Å². The van der Waals surface area contributed by atoms with Crippen LogP contribution in [-0.2, 0) is 16.6 Å².